The van der Waals surface area contributed by atoms with Gasteiger partial charge in [0.15, 0.2) is 11.6 Å². The van der Waals surface area contributed by atoms with Crippen molar-refractivity contribution in [2.24, 2.45) is 17.8 Å². The minimum absolute atomic E-state index is 0.0159. The van der Waals surface area contributed by atoms with Crippen LogP contribution in [-0.2, 0) is 0 Å². The molecule has 0 saturated heterocycles. The fourth-order valence-electron chi connectivity index (χ4n) is 3.52. The Labute approximate surface area is 140 Å². The minimum Gasteiger partial charge on any atom is -0.396 e. The SMILES string of the molecule is C=C(NC1C(C)CC(CO)C(C)C1O)c1c(F)c(C)cc(F)c1F. The van der Waals surface area contributed by atoms with Gasteiger partial charge in [-0.25, -0.2) is 13.2 Å². The van der Waals surface area contributed by atoms with Gasteiger partial charge in [0.2, 0.25) is 0 Å². The van der Waals surface area contributed by atoms with E-state index in [-0.39, 0.29) is 35.6 Å². The van der Waals surface area contributed by atoms with Crippen molar-refractivity contribution in [1.82, 2.24) is 5.32 Å². The van der Waals surface area contributed by atoms with Crippen molar-refractivity contribution in [1.29, 1.82) is 0 Å². The highest BCUT2D eigenvalue weighted by Crippen LogP contribution is 2.35. The molecule has 0 radical (unpaired) electrons. The molecule has 6 heteroatoms. The molecule has 5 unspecified atom stereocenters. The molecule has 3 nitrogen and oxygen atoms in total. The summed E-state index contributed by atoms with van der Waals surface area (Å²) in [6.07, 6.45) is -0.157. The molecule has 5 atom stereocenters. The summed E-state index contributed by atoms with van der Waals surface area (Å²) in [5, 5.41) is 22.7. The van der Waals surface area contributed by atoms with Crippen molar-refractivity contribution in [3.8, 4) is 0 Å². The van der Waals surface area contributed by atoms with Crippen LogP contribution in [0.4, 0.5) is 13.2 Å². The van der Waals surface area contributed by atoms with E-state index in [4.69, 9.17) is 0 Å². The zero-order valence-electron chi connectivity index (χ0n) is 14.1. The van der Waals surface area contributed by atoms with Crippen LogP contribution >= 0.6 is 0 Å². The van der Waals surface area contributed by atoms with E-state index in [1.807, 2.05) is 13.8 Å². The molecule has 3 N–H and O–H groups in total. The largest absolute Gasteiger partial charge is 0.396 e. The first-order valence-corrected chi connectivity index (χ1v) is 8.07. The van der Waals surface area contributed by atoms with E-state index < -0.39 is 35.2 Å². The first kappa shape index (κ1) is 18.8. The molecule has 1 saturated carbocycles. The van der Waals surface area contributed by atoms with E-state index in [2.05, 4.69) is 11.9 Å². The summed E-state index contributed by atoms with van der Waals surface area (Å²) in [6, 6.07) is 0.311. The molecule has 134 valence electrons. The number of halogens is 3. The van der Waals surface area contributed by atoms with Gasteiger partial charge >= 0.3 is 0 Å². The minimum atomic E-state index is -1.30. The third kappa shape index (κ3) is 3.30. The van der Waals surface area contributed by atoms with E-state index in [9.17, 15) is 23.4 Å². The van der Waals surface area contributed by atoms with Gasteiger partial charge in [-0.15, -0.1) is 0 Å². The number of aryl methyl sites for hydroxylation is 1. The summed E-state index contributed by atoms with van der Waals surface area (Å²) in [5.41, 5.74) is -0.653. The summed E-state index contributed by atoms with van der Waals surface area (Å²) in [6.45, 7) is 8.66. The van der Waals surface area contributed by atoms with Crippen LogP contribution < -0.4 is 5.32 Å². The smallest absolute Gasteiger partial charge is 0.171 e. The summed E-state index contributed by atoms with van der Waals surface area (Å²) in [7, 11) is 0. The predicted octanol–water partition coefficient (Wildman–Crippen LogP) is 2.99. The van der Waals surface area contributed by atoms with Crippen molar-refractivity contribution < 1.29 is 23.4 Å². The first-order chi connectivity index (χ1) is 11.2. The highest BCUT2D eigenvalue weighted by Gasteiger charge is 2.40. The molecular formula is C18H24F3NO2. The number of benzene rings is 1. The molecule has 0 aliphatic heterocycles. The van der Waals surface area contributed by atoms with Gasteiger partial charge in [0.1, 0.15) is 5.82 Å². The Morgan fingerprint density at radius 3 is 2.50 bits per heavy atom. The lowest BCUT2D eigenvalue weighted by Gasteiger charge is -2.43. The van der Waals surface area contributed by atoms with Crippen LogP contribution in [0.15, 0.2) is 12.6 Å². The van der Waals surface area contributed by atoms with E-state index >= 15 is 0 Å². The Bertz CT molecular complexity index is 609. The number of hydrogen-bond acceptors (Lipinski definition) is 3. The van der Waals surface area contributed by atoms with Crippen molar-refractivity contribution in [3.05, 3.63) is 41.2 Å². The molecule has 1 aliphatic carbocycles. The van der Waals surface area contributed by atoms with Gasteiger partial charge in [-0.1, -0.05) is 20.4 Å². The summed E-state index contributed by atoms with van der Waals surface area (Å²) in [5.74, 6) is -3.57. The van der Waals surface area contributed by atoms with E-state index in [1.54, 1.807) is 0 Å². The lowest BCUT2D eigenvalue weighted by Crippen LogP contribution is -2.53. The third-order valence-corrected chi connectivity index (χ3v) is 5.15. The van der Waals surface area contributed by atoms with Crippen LogP contribution in [0.5, 0.6) is 0 Å². The second kappa shape index (κ2) is 7.15. The van der Waals surface area contributed by atoms with Crippen molar-refractivity contribution in [3.63, 3.8) is 0 Å². The molecular weight excluding hydrogens is 319 g/mol. The average molecular weight is 343 g/mol. The Kier molecular flexibility index (Phi) is 5.60. The zero-order chi connectivity index (χ0) is 18.2. The molecule has 0 amide bonds. The zero-order valence-corrected chi connectivity index (χ0v) is 14.1. The quantitative estimate of drug-likeness (QED) is 0.737. The molecule has 1 aliphatic rings. The van der Waals surface area contributed by atoms with Crippen LogP contribution in [0.1, 0.15) is 31.4 Å². The van der Waals surface area contributed by atoms with Gasteiger partial charge in [0.25, 0.3) is 0 Å². The van der Waals surface area contributed by atoms with Crippen LogP contribution in [0, 0.1) is 42.1 Å². The Morgan fingerprint density at radius 1 is 1.29 bits per heavy atom. The molecule has 0 bridgehead atoms. The molecule has 0 aromatic heterocycles. The summed E-state index contributed by atoms with van der Waals surface area (Å²) < 4.78 is 41.8. The van der Waals surface area contributed by atoms with Gasteiger partial charge < -0.3 is 15.5 Å². The molecule has 1 aromatic carbocycles. The predicted molar refractivity (Wildman–Crippen MR) is 86.5 cm³/mol. The number of rotatable bonds is 4. The second-order valence-corrected chi connectivity index (χ2v) is 6.83. The number of nitrogens with one attached hydrogen (secondary N) is 1. The Morgan fingerprint density at radius 2 is 1.92 bits per heavy atom. The Balaban J connectivity index is 2.27. The first-order valence-electron chi connectivity index (χ1n) is 8.07. The van der Waals surface area contributed by atoms with Crippen molar-refractivity contribution >= 4 is 5.70 Å². The molecule has 1 aromatic rings. The number of hydrogen-bond donors (Lipinski definition) is 3. The van der Waals surface area contributed by atoms with Gasteiger partial charge in [0, 0.05) is 12.3 Å². The third-order valence-electron chi connectivity index (χ3n) is 5.15. The molecule has 1 fully saturated rings. The Hall–Kier alpha value is -1.53. The second-order valence-electron chi connectivity index (χ2n) is 6.83. The van der Waals surface area contributed by atoms with E-state index in [1.165, 1.54) is 6.92 Å². The van der Waals surface area contributed by atoms with Gasteiger partial charge in [0.05, 0.1) is 17.7 Å². The molecule has 0 heterocycles. The van der Waals surface area contributed by atoms with E-state index in [0.29, 0.717) is 6.42 Å². The van der Waals surface area contributed by atoms with E-state index in [0.717, 1.165) is 6.07 Å². The maximum atomic E-state index is 14.2. The lowest BCUT2D eigenvalue weighted by atomic mass is 9.71. The van der Waals surface area contributed by atoms with Crippen molar-refractivity contribution in [2.45, 2.75) is 39.3 Å². The molecule has 24 heavy (non-hydrogen) atoms. The number of aliphatic hydroxyl groups excluding tert-OH is 2. The van der Waals surface area contributed by atoms with Crippen LogP contribution in [0.3, 0.4) is 0 Å². The fraction of sp³-hybridized carbons (Fsp3) is 0.556. The van der Waals surface area contributed by atoms with Gasteiger partial charge in [-0.3, -0.25) is 0 Å². The number of aliphatic hydroxyl groups is 2. The van der Waals surface area contributed by atoms with Gasteiger partial charge in [-0.2, -0.15) is 0 Å². The van der Waals surface area contributed by atoms with Crippen LogP contribution in [-0.4, -0.2) is 29.0 Å². The fourth-order valence-corrected chi connectivity index (χ4v) is 3.52. The van der Waals surface area contributed by atoms with Crippen LogP contribution in [0.2, 0.25) is 0 Å². The lowest BCUT2D eigenvalue weighted by molar-refractivity contribution is -0.0235. The average Bonchev–Trinajstić information content (AvgIpc) is 2.53. The maximum Gasteiger partial charge on any atom is 0.171 e. The summed E-state index contributed by atoms with van der Waals surface area (Å²) >= 11 is 0. The normalized spacial score (nSPS) is 30.2. The van der Waals surface area contributed by atoms with Crippen molar-refractivity contribution in [2.75, 3.05) is 6.61 Å². The highest BCUT2D eigenvalue weighted by atomic mass is 19.2. The highest BCUT2D eigenvalue weighted by molar-refractivity contribution is 5.64. The van der Waals surface area contributed by atoms with Crippen LogP contribution in [0.25, 0.3) is 5.70 Å². The van der Waals surface area contributed by atoms with Gasteiger partial charge in [-0.05, 0) is 42.7 Å². The topological polar surface area (TPSA) is 52.5 Å². The molecule has 0 spiro atoms. The molecule has 2 rings (SSSR count). The summed E-state index contributed by atoms with van der Waals surface area (Å²) in [4.78, 5) is 0. The monoisotopic (exact) mass is 343 g/mol. The standard InChI is InChI=1S/C18H24F3NO2/c1-8-6-13(19)16(21)14(15(8)20)11(4)22-17-9(2)5-12(7-23)10(3)18(17)24/h6,9-10,12,17-18,22-24H,4-5,7H2,1-3H3. The maximum absolute atomic E-state index is 14.2.